The summed E-state index contributed by atoms with van der Waals surface area (Å²) < 4.78 is 0. The number of carbonyl (C=O) groups is 1. The van der Waals surface area contributed by atoms with E-state index in [1.165, 1.54) is 0 Å². The Kier molecular flexibility index (Phi) is 5.43. The van der Waals surface area contributed by atoms with Crippen molar-refractivity contribution in [1.29, 1.82) is 0 Å². The van der Waals surface area contributed by atoms with Crippen molar-refractivity contribution in [2.75, 3.05) is 14.1 Å². The van der Waals surface area contributed by atoms with Gasteiger partial charge in [0.1, 0.15) is 0 Å². The number of benzene rings is 1. The van der Waals surface area contributed by atoms with E-state index in [0.29, 0.717) is 12.8 Å². The van der Waals surface area contributed by atoms with Crippen molar-refractivity contribution < 1.29 is 9.90 Å². The number of rotatable bonds is 5. The molecule has 0 radical (unpaired) electrons. The number of hydrogen-bond acceptors (Lipinski definition) is 2. The van der Waals surface area contributed by atoms with Crippen LogP contribution in [0.3, 0.4) is 0 Å². The Balaban J connectivity index is 2.36. The van der Waals surface area contributed by atoms with Gasteiger partial charge in [0.25, 0.3) is 0 Å². The highest BCUT2D eigenvalue weighted by Crippen LogP contribution is 2.16. The summed E-state index contributed by atoms with van der Waals surface area (Å²) in [6.07, 6.45) is 4.06. The van der Waals surface area contributed by atoms with Gasteiger partial charge in [0, 0.05) is 20.5 Å². The van der Waals surface area contributed by atoms with E-state index in [9.17, 15) is 9.90 Å². The number of aliphatic hydroxyl groups excluding tert-OH is 1. The summed E-state index contributed by atoms with van der Waals surface area (Å²) in [6, 6.07) is 9.50. The third-order valence-electron chi connectivity index (χ3n) is 2.50. The Hall–Kier alpha value is -1.61. The van der Waals surface area contributed by atoms with Crippen LogP contribution in [0.2, 0.25) is 0 Å². The molecule has 3 heteroatoms. The third-order valence-corrected chi connectivity index (χ3v) is 2.50. The van der Waals surface area contributed by atoms with Crippen molar-refractivity contribution in [3.8, 4) is 0 Å². The van der Waals surface area contributed by atoms with E-state index >= 15 is 0 Å². The van der Waals surface area contributed by atoms with E-state index in [4.69, 9.17) is 0 Å². The van der Waals surface area contributed by atoms with Crippen LogP contribution in [0.25, 0.3) is 0 Å². The fourth-order valence-corrected chi connectivity index (χ4v) is 1.40. The third kappa shape index (κ3) is 4.83. The zero-order valence-corrected chi connectivity index (χ0v) is 10.3. The molecule has 0 fully saturated rings. The Labute approximate surface area is 102 Å². The van der Waals surface area contributed by atoms with Crippen LogP contribution in [0.5, 0.6) is 0 Å². The quantitative estimate of drug-likeness (QED) is 0.792. The molecule has 17 heavy (non-hydrogen) atoms. The molecular formula is C14H19NO2. The normalized spacial score (nSPS) is 12.6. The van der Waals surface area contributed by atoms with Gasteiger partial charge >= 0.3 is 0 Å². The summed E-state index contributed by atoms with van der Waals surface area (Å²) in [4.78, 5) is 12.8. The number of carbonyl (C=O) groups excluding carboxylic acids is 1. The first-order valence-corrected chi connectivity index (χ1v) is 5.69. The van der Waals surface area contributed by atoms with Gasteiger partial charge in [-0.2, -0.15) is 0 Å². The molecule has 0 saturated heterocycles. The maximum absolute atomic E-state index is 11.3. The lowest BCUT2D eigenvalue weighted by molar-refractivity contribution is -0.127. The summed E-state index contributed by atoms with van der Waals surface area (Å²) >= 11 is 0. The highest BCUT2D eigenvalue weighted by atomic mass is 16.3. The lowest BCUT2D eigenvalue weighted by Gasteiger charge is -2.08. The predicted octanol–water partition coefficient (Wildman–Crippen LogP) is 2.14. The number of amides is 1. The monoisotopic (exact) mass is 233 g/mol. The van der Waals surface area contributed by atoms with Gasteiger partial charge in [0.15, 0.2) is 0 Å². The summed E-state index contributed by atoms with van der Waals surface area (Å²) in [6.45, 7) is 0. The second-order valence-electron chi connectivity index (χ2n) is 4.13. The van der Waals surface area contributed by atoms with E-state index < -0.39 is 6.10 Å². The van der Waals surface area contributed by atoms with Gasteiger partial charge in [-0.25, -0.2) is 0 Å². The minimum atomic E-state index is -0.498. The molecule has 92 valence electrons. The molecule has 0 bridgehead atoms. The first kappa shape index (κ1) is 13.5. The Bertz CT molecular complexity index is 371. The zero-order chi connectivity index (χ0) is 12.7. The molecule has 0 unspecified atom stereocenters. The zero-order valence-electron chi connectivity index (χ0n) is 10.3. The van der Waals surface area contributed by atoms with Gasteiger partial charge in [-0.3, -0.25) is 4.79 Å². The highest BCUT2D eigenvalue weighted by molar-refractivity contribution is 5.76. The van der Waals surface area contributed by atoms with Gasteiger partial charge in [-0.05, 0) is 12.0 Å². The van der Waals surface area contributed by atoms with Crippen molar-refractivity contribution in [1.82, 2.24) is 4.90 Å². The molecule has 0 spiro atoms. The molecule has 0 heterocycles. The molecule has 0 saturated carbocycles. The fourth-order valence-electron chi connectivity index (χ4n) is 1.40. The molecule has 1 N–H and O–H groups in total. The van der Waals surface area contributed by atoms with Crippen molar-refractivity contribution >= 4 is 5.91 Å². The molecule has 0 aromatic heterocycles. The highest BCUT2D eigenvalue weighted by Gasteiger charge is 2.04. The summed E-state index contributed by atoms with van der Waals surface area (Å²) in [5.41, 5.74) is 0.899. The van der Waals surface area contributed by atoms with Crippen molar-refractivity contribution in [3.63, 3.8) is 0 Å². The lowest BCUT2D eigenvalue weighted by Crippen LogP contribution is -2.20. The van der Waals surface area contributed by atoms with Crippen LogP contribution in [0.15, 0.2) is 42.5 Å². The Morgan fingerprint density at radius 3 is 2.53 bits per heavy atom. The molecule has 0 aliphatic rings. The van der Waals surface area contributed by atoms with Gasteiger partial charge < -0.3 is 10.0 Å². The number of nitrogens with zero attached hydrogens (tertiary/aromatic N) is 1. The standard InChI is InChI=1S/C14H19NO2/c1-15(2)14(17)11-7-6-10-13(16)12-8-4-3-5-9-12/h3-9,13,16H,10-11H2,1-2H3/t13-/m1/s1. The van der Waals surface area contributed by atoms with E-state index in [-0.39, 0.29) is 5.91 Å². The van der Waals surface area contributed by atoms with Crippen LogP contribution < -0.4 is 0 Å². The SMILES string of the molecule is CN(C)C(=O)CC=CC[C@@H](O)c1ccccc1. The van der Waals surface area contributed by atoms with E-state index in [1.807, 2.05) is 36.4 Å². The Morgan fingerprint density at radius 2 is 1.94 bits per heavy atom. The van der Waals surface area contributed by atoms with E-state index in [2.05, 4.69) is 0 Å². The summed E-state index contributed by atoms with van der Waals surface area (Å²) in [5, 5.41) is 9.85. The van der Waals surface area contributed by atoms with Gasteiger partial charge in [-0.1, -0.05) is 42.5 Å². The van der Waals surface area contributed by atoms with Crippen LogP contribution in [-0.2, 0) is 4.79 Å². The minimum absolute atomic E-state index is 0.0652. The fraction of sp³-hybridized carbons (Fsp3) is 0.357. The molecule has 1 amide bonds. The smallest absolute Gasteiger partial charge is 0.225 e. The number of hydrogen-bond donors (Lipinski definition) is 1. The van der Waals surface area contributed by atoms with Crippen molar-refractivity contribution in [2.24, 2.45) is 0 Å². The summed E-state index contributed by atoms with van der Waals surface area (Å²) in [7, 11) is 3.46. The molecule has 1 rings (SSSR count). The molecule has 1 atom stereocenters. The second kappa shape index (κ2) is 6.86. The Morgan fingerprint density at radius 1 is 1.29 bits per heavy atom. The lowest BCUT2D eigenvalue weighted by atomic mass is 10.1. The van der Waals surface area contributed by atoms with Gasteiger partial charge in [0.05, 0.1) is 6.10 Å². The van der Waals surface area contributed by atoms with Crippen LogP contribution in [0.1, 0.15) is 24.5 Å². The predicted molar refractivity (Wildman–Crippen MR) is 68.5 cm³/mol. The van der Waals surface area contributed by atoms with Crippen LogP contribution in [0.4, 0.5) is 0 Å². The maximum Gasteiger partial charge on any atom is 0.225 e. The van der Waals surface area contributed by atoms with Crippen LogP contribution >= 0.6 is 0 Å². The molecule has 0 aliphatic carbocycles. The molecule has 1 aromatic carbocycles. The van der Waals surface area contributed by atoms with E-state index in [0.717, 1.165) is 5.56 Å². The average Bonchev–Trinajstić information content (AvgIpc) is 2.35. The molecule has 3 nitrogen and oxygen atoms in total. The second-order valence-corrected chi connectivity index (χ2v) is 4.13. The first-order valence-electron chi connectivity index (χ1n) is 5.69. The average molecular weight is 233 g/mol. The van der Waals surface area contributed by atoms with Crippen LogP contribution in [0, 0.1) is 0 Å². The molecule has 1 aromatic rings. The topological polar surface area (TPSA) is 40.5 Å². The maximum atomic E-state index is 11.3. The molecule has 0 aliphatic heterocycles. The largest absolute Gasteiger partial charge is 0.388 e. The minimum Gasteiger partial charge on any atom is -0.388 e. The van der Waals surface area contributed by atoms with Crippen molar-refractivity contribution in [2.45, 2.75) is 18.9 Å². The van der Waals surface area contributed by atoms with Crippen LogP contribution in [-0.4, -0.2) is 30.0 Å². The first-order chi connectivity index (χ1) is 8.11. The number of aliphatic hydroxyl groups is 1. The van der Waals surface area contributed by atoms with Crippen molar-refractivity contribution in [3.05, 3.63) is 48.0 Å². The molecular weight excluding hydrogens is 214 g/mol. The van der Waals surface area contributed by atoms with Gasteiger partial charge in [0.2, 0.25) is 5.91 Å². The summed E-state index contributed by atoms with van der Waals surface area (Å²) in [5.74, 6) is 0.0652. The van der Waals surface area contributed by atoms with Gasteiger partial charge in [-0.15, -0.1) is 0 Å². The van der Waals surface area contributed by atoms with E-state index in [1.54, 1.807) is 25.1 Å².